The van der Waals surface area contributed by atoms with Crippen molar-refractivity contribution in [2.45, 2.75) is 70.8 Å². The van der Waals surface area contributed by atoms with E-state index in [4.69, 9.17) is 0 Å². The van der Waals surface area contributed by atoms with Gasteiger partial charge in [-0.3, -0.25) is 9.59 Å². The average Bonchev–Trinajstić information content (AvgIpc) is 3.27. The van der Waals surface area contributed by atoms with Gasteiger partial charge in [-0.15, -0.1) is 11.8 Å². The van der Waals surface area contributed by atoms with Crippen LogP contribution in [0.2, 0.25) is 0 Å². The fourth-order valence-electron chi connectivity index (χ4n) is 3.97. The molecule has 2 aromatic carbocycles. The number of hydrogen-bond donors (Lipinski definition) is 1. The molecule has 0 aromatic heterocycles. The molecule has 31 heavy (non-hydrogen) atoms. The van der Waals surface area contributed by atoms with Crippen molar-refractivity contribution in [2.24, 2.45) is 0 Å². The summed E-state index contributed by atoms with van der Waals surface area (Å²) >= 11 is 1.61. The van der Waals surface area contributed by atoms with E-state index < -0.39 is 6.04 Å². The highest BCUT2D eigenvalue weighted by atomic mass is 32.2. The zero-order valence-corrected chi connectivity index (χ0v) is 19.7. The maximum absolute atomic E-state index is 13.2. The smallest absolute Gasteiger partial charge is 0.242 e. The predicted octanol–water partition coefficient (Wildman–Crippen LogP) is 5.01. The predicted molar refractivity (Wildman–Crippen MR) is 129 cm³/mol. The number of benzene rings is 2. The summed E-state index contributed by atoms with van der Waals surface area (Å²) < 4.78 is 0. The van der Waals surface area contributed by atoms with Crippen LogP contribution in [0, 0.1) is 13.8 Å². The van der Waals surface area contributed by atoms with Crippen LogP contribution in [0.5, 0.6) is 0 Å². The van der Waals surface area contributed by atoms with E-state index in [1.807, 2.05) is 50.2 Å². The number of carbonyl (C=O) groups excluding carboxylic acids is 2. The van der Waals surface area contributed by atoms with E-state index in [1.54, 1.807) is 16.7 Å². The Hall–Kier alpha value is -2.27. The molecular formula is C26H34N2O2S. The van der Waals surface area contributed by atoms with Crippen molar-refractivity contribution in [1.29, 1.82) is 0 Å². The highest BCUT2D eigenvalue weighted by molar-refractivity contribution is 7.99. The van der Waals surface area contributed by atoms with Crippen LogP contribution < -0.4 is 5.32 Å². The van der Waals surface area contributed by atoms with Crippen LogP contribution in [0.3, 0.4) is 0 Å². The minimum absolute atomic E-state index is 0.00762. The Morgan fingerprint density at radius 3 is 2.42 bits per heavy atom. The quantitative estimate of drug-likeness (QED) is 0.598. The monoisotopic (exact) mass is 438 g/mol. The van der Waals surface area contributed by atoms with Crippen molar-refractivity contribution < 1.29 is 9.59 Å². The lowest BCUT2D eigenvalue weighted by Gasteiger charge is -2.29. The highest BCUT2D eigenvalue weighted by Gasteiger charge is 2.28. The van der Waals surface area contributed by atoms with Crippen molar-refractivity contribution in [1.82, 2.24) is 10.2 Å². The van der Waals surface area contributed by atoms with Crippen molar-refractivity contribution >= 4 is 23.6 Å². The highest BCUT2D eigenvalue weighted by Crippen LogP contribution is 2.20. The number of aryl methyl sites for hydroxylation is 2. The van der Waals surface area contributed by atoms with Gasteiger partial charge < -0.3 is 10.2 Å². The fraction of sp³-hybridized carbons (Fsp3) is 0.462. The SMILES string of the molecule is Cc1ccc(CN(C(=O)CSCc2ccccc2C)C(C)C(=O)NC2CCCC2)cc1. The molecule has 4 nitrogen and oxygen atoms in total. The minimum atomic E-state index is -0.492. The van der Waals surface area contributed by atoms with Crippen molar-refractivity contribution in [3.05, 3.63) is 70.8 Å². The van der Waals surface area contributed by atoms with Gasteiger partial charge in [-0.05, 0) is 50.3 Å². The van der Waals surface area contributed by atoms with E-state index in [2.05, 4.69) is 24.4 Å². The molecule has 0 radical (unpaired) electrons. The normalized spacial score (nSPS) is 14.9. The summed E-state index contributed by atoms with van der Waals surface area (Å²) in [5.74, 6) is 1.12. The summed E-state index contributed by atoms with van der Waals surface area (Å²) in [6.45, 7) is 6.44. The number of amides is 2. The number of rotatable bonds is 9. The second-order valence-corrected chi connectivity index (χ2v) is 9.58. The molecule has 1 unspecified atom stereocenters. The van der Waals surface area contributed by atoms with Gasteiger partial charge >= 0.3 is 0 Å². The van der Waals surface area contributed by atoms with Crippen LogP contribution in [0.15, 0.2) is 48.5 Å². The van der Waals surface area contributed by atoms with E-state index in [0.717, 1.165) is 24.2 Å². The van der Waals surface area contributed by atoms with Gasteiger partial charge in [0, 0.05) is 18.3 Å². The number of hydrogen-bond acceptors (Lipinski definition) is 3. The Morgan fingerprint density at radius 2 is 1.74 bits per heavy atom. The molecule has 1 N–H and O–H groups in total. The van der Waals surface area contributed by atoms with Gasteiger partial charge in [-0.2, -0.15) is 0 Å². The summed E-state index contributed by atoms with van der Waals surface area (Å²) in [7, 11) is 0. The lowest BCUT2D eigenvalue weighted by Crippen LogP contribution is -2.50. The Bertz CT molecular complexity index is 875. The molecule has 0 bridgehead atoms. The summed E-state index contributed by atoms with van der Waals surface area (Å²) in [6, 6.07) is 16.2. The molecule has 166 valence electrons. The zero-order chi connectivity index (χ0) is 22.2. The van der Waals surface area contributed by atoms with Crippen molar-refractivity contribution in [2.75, 3.05) is 5.75 Å². The number of nitrogens with zero attached hydrogens (tertiary/aromatic N) is 1. The maximum atomic E-state index is 13.2. The van der Waals surface area contributed by atoms with Crippen molar-refractivity contribution in [3.8, 4) is 0 Å². The molecule has 1 aliphatic rings. The first-order valence-electron chi connectivity index (χ1n) is 11.2. The lowest BCUT2D eigenvalue weighted by atomic mass is 10.1. The molecule has 2 amide bonds. The molecule has 0 spiro atoms. The Kier molecular flexibility index (Phi) is 8.59. The molecule has 0 heterocycles. The maximum Gasteiger partial charge on any atom is 0.242 e. The average molecular weight is 439 g/mol. The standard InChI is InChI=1S/C26H34N2O2S/c1-19-12-14-22(15-13-19)16-28(21(3)26(30)27-24-10-6-7-11-24)25(29)18-31-17-23-9-5-4-8-20(23)2/h4-5,8-9,12-15,21,24H,6-7,10-11,16-18H2,1-3H3,(H,27,30). The van der Waals surface area contributed by atoms with Crippen LogP contribution in [0.25, 0.3) is 0 Å². The lowest BCUT2D eigenvalue weighted by molar-refractivity contribution is -0.138. The topological polar surface area (TPSA) is 49.4 Å². The van der Waals surface area contributed by atoms with Crippen LogP contribution >= 0.6 is 11.8 Å². The summed E-state index contributed by atoms with van der Waals surface area (Å²) in [5.41, 5.74) is 4.71. The van der Waals surface area contributed by atoms with Crippen LogP contribution in [0.4, 0.5) is 0 Å². The number of carbonyl (C=O) groups is 2. The van der Waals surface area contributed by atoms with E-state index in [0.29, 0.717) is 12.3 Å². The molecule has 1 saturated carbocycles. The van der Waals surface area contributed by atoms with Gasteiger partial charge in [0.05, 0.1) is 5.75 Å². The molecule has 2 aromatic rings. The Balaban J connectivity index is 1.65. The molecule has 1 atom stereocenters. The van der Waals surface area contributed by atoms with Gasteiger partial charge in [-0.25, -0.2) is 0 Å². The van der Waals surface area contributed by atoms with E-state index in [1.165, 1.54) is 29.5 Å². The van der Waals surface area contributed by atoms with Crippen LogP contribution in [-0.2, 0) is 21.9 Å². The van der Waals surface area contributed by atoms with E-state index >= 15 is 0 Å². The Morgan fingerprint density at radius 1 is 1.06 bits per heavy atom. The first-order chi connectivity index (χ1) is 14.9. The number of nitrogens with one attached hydrogen (secondary N) is 1. The summed E-state index contributed by atoms with van der Waals surface area (Å²) in [6.07, 6.45) is 4.41. The van der Waals surface area contributed by atoms with Crippen LogP contribution in [0.1, 0.15) is 54.9 Å². The second-order valence-electron chi connectivity index (χ2n) is 8.59. The number of thioether (sulfide) groups is 1. The van der Waals surface area contributed by atoms with Crippen LogP contribution in [-0.4, -0.2) is 34.6 Å². The first kappa shape index (κ1) is 23.4. The molecule has 1 fully saturated rings. The third-order valence-corrected chi connectivity index (χ3v) is 7.05. The van der Waals surface area contributed by atoms with Gasteiger partial charge in [0.15, 0.2) is 0 Å². The second kappa shape index (κ2) is 11.4. The zero-order valence-electron chi connectivity index (χ0n) is 18.9. The van der Waals surface area contributed by atoms with E-state index in [9.17, 15) is 9.59 Å². The van der Waals surface area contributed by atoms with Crippen molar-refractivity contribution in [3.63, 3.8) is 0 Å². The summed E-state index contributed by atoms with van der Waals surface area (Å²) in [5, 5.41) is 3.16. The third kappa shape index (κ3) is 6.86. The van der Waals surface area contributed by atoms with Gasteiger partial charge in [-0.1, -0.05) is 66.9 Å². The molecule has 3 rings (SSSR count). The molecule has 0 saturated heterocycles. The molecule has 0 aliphatic heterocycles. The summed E-state index contributed by atoms with van der Waals surface area (Å²) in [4.78, 5) is 27.9. The van der Waals surface area contributed by atoms with Gasteiger partial charge in [0.1, 0.15) is 6.04 Å². The third-order valence-electron chi connectivity index (χ3n) is 6.09. The van der Waals surface area contributed by atoms with Gasteiger partial charge in [0.25, 0.3) is 0 Å². The fourth-order valence-corrected chi connectivity index (χ4v) is 4.95. The minimum Gasteiger partial charge on any atom is -0.352 e. The largest absolute Gasteiger partial charge is 0.352 e. The first-order valence-corrected chi connectivity index (χ1v) is 12.4. The molecule has 5 heteroatoms. The van der Waals surface area contributed by atoms with E-state index in [-0.39, 0.29) is 17.9 Å². The molecule has 1 aliphatic carbocycles. The Labute approximate surface area is 190 Å². The van der Waals surface area contributed by atoms with Gasteiger partial charge in [0.2, 0.25) is 11.8 Å². The molecular weight excluding hydrogens is 404 g/mol.